The van der Waals surface area contributed by atoms with E-state index < -0.39 is 0 Å². The number of nitrogens with one attached hydrogen (secondary N) is 1. The summed E-state index contributed by atoms with van der Waals surface area (Å²) in [6, 6.07) is 6.57. The number of halogens is 1. The molecule has 0 aliphatic heterocycles. The van der Waals surface area contributed by atoms with Gasteiger partial charge in [0.25, 0.3) is 0 Å². The van der Waals surface area contributed by atoms with E-state index in [1.807, 2.05) is 14.0 Å². The summed E-state index contributed by atoms with van der Waals surface area (Å²) in [5.74, 6) is 0.980. The molecule has 6 heteroatoms. The van der Waals surface area contributed by atoms with Gasteiger partial charge in [-0.05, 0) is 50.5 Å². The largest absolute Gasteiger partial charge is 0.378 e. The molecule has 1 N–H and O–H groups in total. The number of hydrogen-bond acceptors (Lipinski definition) is 4. The van der Waals surface area contributed by atoms with E-state index in [0.717, 1.165) is 37.6 Å². The van der Waals surface area contributed by atoms with Crippen LogP contribution in [0.2, 0.25) is 0 Å². The molecule has 2 heterocycles. The second-order valence-electron chi connectivity index (χ2n) is 5.25. The van der Waals surface area contributed by atoms with Crippen molar-refractivity contribution in [1.29, 1.82) is 0 Å². The first-order valence-corrected chi connectivity index (χ1v) is 8.41. The van der Waals surface area contributed by atoms with Crippen LogP contribution in [0.5, 0.6) is 0 Å². The zero-order chi connectivity index (χ0) is 15.1. The molecule has 3 aromatic rings. The Morgan fingerprint density at radius 1 is 1.33 bits per heavy atom. The molecule has 0 bridgehead atoms. The molecule has 0 fully saturated rings. The van der Waals surface area contributed by atoms with Gasteiger partial charge in [0.05, 0.1) is 22.3 Å². The molecule has 0 aliphatic carbocycles. The minimum atomic E-state index is 0.329. The number of aromatic nitrogens is 3. The van der Waals surface area contributed by atoms with E-state index in [4.69, 9.17) is 4.98 Å². The van der Waals surface area contributed by atoms with Crippen molar-refractivity contribution in [2.45, 2.75) is 26.8 Å². The number of benzene rings is 1. The molecule has 1 aromatic carbocycles. The normalized spacial score (nSPS) is 11.5. The standard InChI is InChI=1S/C15H17BrN4S/c1-8(2)20-12-6-5-10(16)7-11(12)18-14(20)13-9(3)19-21-15(13)17-4/h5-8,17H,1-4H3. The summed E-state index contributed by atoms with van der Waals surface area (Å²) in [6.07, 6.45) is 0. The summed E-state index contributed by atoms with van der Waals surface area (Å²) in [5.41, 5.74) is 4.26. The molecule has 21 heavy (non-hydrogen) atoms. The average molecular weight is 365 g/mol. The van der Waals surface area contributed by atoms with Gasteiger partial charge in [0.1, 0.15) is 10.8 Å². The van der Waals surface area contributed by atoms with E-state index in [9.17, 15) is 0 Å². The molecule has 0 atom stereocenters. The van der Waals surface area contributed by atoms with Crippen molar-refractivity contribution >= 4 is 43.5 Å². The first-order chi connectivity index (χ1) is 10.0. The Bertz CT molecular complexity index is 803. The molecule has 0 aliphatic rings. The molecular formula is C15H17BrN4S. The molecule has 4 nitrogen and oxygen atoms in total. The summed E-state index contributed by atoms with van der Waals surface area (Å²) in [7, 11) is 1.93. The first kappa shape index (κ1) is 14.5. The number of anilines is 1. The molecule has 0 unspecified atom stereocenters. The van der Waals surface area contributed by atoms with E-state index in [0.29, 0.717) is 6.04 Å². The van der Waals surface area contributed by atoms with Crippen molar-refractivity contribution in [2.24, 2.45) is 0 Å². The van der Waals surface area contributed by atoms with Gasteiger partial charge in [-0.15, -0.1) is 0 Å². The maximum Gasteiger partial charge on any atom is 0.146 e. The third-order valence-electron chi connectivity index (χ3n) is 3.48. The van der Waals surface area contributed by atoms with Crippen LogP contribution in [-0.2, 0) is 0 Å². The van der Waals surface area contributed by atoms with Crippen molar-refractivity contribution < 1.29 is 0 Å². The molecular weight excluding hydrogens is 348 g/mol. The van der Waals surface area contributed by atoms with Gasteiger partial charge < -0.3 is 9.88 Å². The van der Waals surface area contributed by atoms with Gasteiger partial charge >= 0.3 is 0 Å². The second kappa shape index (κ2) is 5.42. The molecule has 0 amide bonds. The van der Waals surface area contributed by atoms with Gasteiger partial charge in [-0.3, -0.25) is 0 Å². The van der Waals surface area contributed by atoms with Crippen LogP contribution in [0.15, 0.2) is 22.7 Å². The van der Waals surface area contributed by atoms with Crippen molar-refractivity contribution in [3.8, 4) is 11.4 Å². The quantitative estimate of drug-likeness (QED) is 0.721. The minimum Gasteiger partial charge on any atom is -0.378 e. The summed E-state index contributed by atoms with van der Waals surface area (Å²) in [5, 5.41) is 4.29. The minimum absolute atomic E-state index is 0.329. The van der Waals surface area contributed by atoms with Crippen LogP contribution >= 0.6 is 27.5 Å². The van der Waals surface area contributed by atoms with Crippen LogP contribution in [0, 0.1) is 6.92 Å². The number of aryl methyl sites for hydroxylation is 1. The van der Waals surface area contributed by atoms with Gasteiger partial charge in [-0.1, -0.05) is 15.9 Å². The first-order valence-electron chi connectivity index (χ1n) is 6.84. The van der Waals surface area contributed by atoms with Crippen LogP contribution in [0.3, 0.4) is 0 Å². The maximum absolute atomic E-state index is 4.87. The highest BCUT2D eigenvalue weighted by Gasteiger charge is 2.21. The number of imidazole rings is 1. The van der Waals surface area contributed by atoms with E-state index >= 15 is 0 Å². The van der Waals surface area contributed by atoms with Crippen LogP contribution in [0.25, 0.3) is 22.4 Å². The number of nitrogens with zero attached hydrogens (tertiary/aromatic N) is 3. The maximum atomic E-state index is 4.87. The van der Waals surface area contributed by atoms with Crippen molar-refractivity contribution in [3.05, 3.63) is 28.4 Å². The fourth-order valence-corrected chi connectivity index (χ4v) is 3.66. The summed E-state index contributed by atoms with van der Waals surface area (Å²) in [6.45, 7) is 6.40. The fraction of sp³-hybridized carbons (Fsp3) is 0.333. The lowest BCUT2D eigenvalue weighted by Gasteiger charge is -2.13. The van der Waals surface area contributed by atoms with Crippen LogP contribution in [0.4, 0.5) is 5.00 Å². The van der Waals surface area contributed by atoms with E-state index in [-0.39, 0.29) is 0 Å². The zero-order valence-electron chi connectivity index (χ0n) is 12.4. The lowest BCUT2D eigenvalue weighted by atomic mass is 10.2. The Morgan fingerprint density at radius 2 is 2.10 bits per heavy atom. The fourth-order valence-electron chi connectivity index (χ4n) is 2.57. The van der Waals surface area contributed by atoms with Gasteiger partial charge in [0.2, 0.25) is 0 Å². The Kier molecular flexibility index (Phi) is 3.75. The zero-order valence-corrected chi connectivity index (χ0v) is 14.8. The third kappa shape index (κ3) is 2.36. The monoisotopic (exact) mass is 364 g/mol. The highest BCUT2D eigenvalue weighted by atomic mass is 79.9. The molecule has 0 saturated carbocycles. The van der Waals surface area contributed by atoms with Gasteiger partial charge in [0.15, 0.2) is 0 Å². The molecule has 0 radical (unpaired) electrons. The Hall–Kier alpha value is -1.40. The van der Waals surface area contributed by atoms with Crippen LogP contribution < -0.4 is 5.32 Å². The van der Waals surface area contributed by atoms with Crippen molar-refractivity contribution in [2.75, 3.05) is 12.4 Å². The van der Waals surface area contributed by atoms with Gasteiger partial charge in [0, 0.05) is 17.6 Å². The molecule has 110 valence electrons. The second-order valence-corrected chi connectivity index (χ2v) is 6.94. The molecule has 0 saturated heterocycles. The summed E-state index contributed by atoms with van der Waals surface area (Å²) < 4.78 is 7.79. The predicted molar refractivity (Wildman–Crippen MR) is 93.2 cm³/mol. The van der Waals surface area contributed by atoms with Crippen molar-refractivity contribution in [3.63, 3.8) is 0 Å². The lowest BCUT2D eigenvalue weighted by Crippen LogP contribution is -2.04. The smallest absolute Gasteiger partial charge is 0.146 e. The van der Waals surface area contributed by atoms with Gasteiger partial charge in [-0.25, -0.2) is 4.98 Å². The molecule has 3 rings (SSSR count). The Balaban J connectivity index is 2.36. The Morgan fingerprint density at radius 3 is 2.76 bits per heavy atom. The van der Waals surface area contributed by atoms with Crippen LogP contribution in [-0.4, -0.2) is 21.0 Å². The van der Waals surface area contributed by atoms with E-state index in [1.165, 1.54) is 11.5 Å². The predicted octanol–water partition coefficient (Wildman–Crippen LogP) is 4.85. The number of fused-ring (bicyclic) bond motifs is 1. The van der Waals surface area contributed by atoms with E-state index in [2.05, 4.69) is 62.2 Å². The van der Waals surface area contributed by atoms with Gasteiger partial charge in [-0.2, -0.15) is 4.37 Å². The summed E-state index contributed by atoms with van der Waals surface area (Å²) in [4.78, 5) is 4.87. The lowest BCUT2D eigenvalue weighted by molar-refractivity contribution is 0.624. The summed E-state index contributed by atoms with van der Waals surface area (Å²) >= 11 is 5.00. The number of hydrogen-bond donors (Lipinski definition) is 1. The Labute approximate surface area is 136 Å². The highest BCUT2D eigenvalue weighted by Crippen LogP contribution is 2.37. The van der Waals surface area contributed by atoms with Crippen molar-refractivity contribution in [1.82, 2.24) is 13.9 Å². The number of rotatable bonds is 3. The van der Waals surface area contributed by atoms with E-state index in [1.54, 1.807) is 0 Å². The third-order valence-corrected chi connectivity index (χ3v) is 4.93. The highest BCUT2D eigenvalue weighted by molar-refractivity contribution is 9.10. The molecule has 0 spiro atoms. The topological polar surface area (TPSA) is 42.7 Å². The average Bonchev–Trinajstić information content (AvgIpc) is 2.97. The molecule has 2 aromatic heterocycles. The SMILES string of the molecule is CNc1snc(C)c1-c1nc2cc(Br)ccc2n1C(C)C. The van der Waals surface area contributed by atoms with Crippen LogP contribution in [0.1, 0.15) is 25.6 Å².